The van der Waals surface area contributed by atoms with E-state index in [1.807, 2.05) is 6.08 Å². The van der Waals surface area contributed by atoms with Gasteiger partial charge in [0.15, 0.2) is 12.6 Å². The molecule has 0 aromatic carbocycles. The van der Waals surface area contributed by atoms with Gasteiger partial charge >= 0.3 is 0 Å². The normalized spacial score (nSPS) is 22.5. The summed E-state index contributed by atoms with van der Waals surface area (Å²) in [4.78, 5) is 13.4. The lowest BCUT2D eigenvalue weighted by Crippen LogP contribution is -2.65. The summed E-state index contributed by atoms with van der Waals surface area (Å²) in [7, 11) is 0. The van der Waals surface area contributed by atoms with E-state index in [0.717, 1.165) is 57.8 Å². The van der Waals surface area contributed by atoms with Crippen molar-refractivity contribution in [1.82, 2.24) is 5.32 Å². The highest BCUT2D eigenvalue weighted by molar-refractivity contribution is 5.76. The number of hydrogen-bond donors (Lipinski definition) is 9. The average Bonchev–Trinajstić information content (AvgIpc) is 0.794. The Hall–Kier alpha value is -2.57. The summed E-state index contributed by atoms with van der Waals surface area (Å²) in [5.41, 5.74) is 0. The number of ether oxygens (including phenoxy) is 4. The van der Waals surface area contributed by atoms with Crippen molar-refractivity contribution in [2.75, 3.05) is 19.8 Å². The van der Waals surface area contributed by atoms with Gasteiger partial charge < -0.3 is 65.1 Å². The molecule has 12 atom stereocenters. The molecule has 14 nitrogen and oxygen atoms in total. The quantitative estimate of drug-likeness (QED) is 0.0204. The number of unbranched alkanes of at least 4 members (excludes halogenated alkanes) is 45. The smallest absolute Gasteiger partial charge is 0.220 e. The molecule has 2 fully saturated rings. The van der Waals surface area contributed by atoms with Crippen molar-refractivity contribution in [1.29, 1.82) is 0 Å². The molecule has 9 N–H and O–H groups in total. The van der Waals surface area contributed by atoms with Crippen molar-refractivity contribution < 1.29 is 64.6 Å². The molecule has 2 saturated heterocycles. The second-order valence-corrected chi connectivity index (χ2v) is 28.5. The maximum absolute atomic E-state index is 13.4. The van der Waals surface area contributed by atoms with Gasteiger partial charge in [-0.15, -0.1) is 0 Å². The number of allylic oxidation sites excluding steroid dienone is 11. The van der Waals surface area contributed by atoms with Crippen LogP contribution in [0.3, 0.4) is 0 Å². The first kappa shape index (κ1) is 90.5. The highest BCUT2D eigenvalue weighted by Crippen LogP contribution is 2.30. The lowest BCUT2D eigenvalue weighted by atomic mass is 9.97. The molecule has 2 rings (SSSR count). The number of aliphatic hydroxyl groups is 8. The Balaban J connectivity index is 1.61. The molecule has 0 saturated carbocycles. The third-order valence-electron chi connectivity index (χ3n) is 19.6. The third-order valence-corrected chi connectivity index (χ3v) is 19.6. The summed E-state index contributed by atoms with van der Waals surface area (Å²) in [6, 6.07) is -0.941. The molecule has 0 bridgehead atoms. The van der Waals surface area contributed by atoms with Crippen molar-refractivity contribution in [3.8, 4) is 0 Å². The van der Waals surface area contributed by atoms with E-state index in [9.17, 15) is 45.6 Å². The zero-order valence-electron chi connectivity index (χ0n) is 62.1. The van der Waals surface area contributed by atoms with Gasteiger partial charge in [0.2, 0.25) is 5.91 Å². The van der Waals surface area contributed by atoms with E-state index in [1.54, 1.807) is 6.08 Å². The fraction of sp³-hybridized carbons (Fsp3) is 0.843. The topological polar surface area (TPSA) is 228 Å². The lowest BCUT2D eigenvalue weighted by Gasteiger charge is -2.46. The van der Waals surface area contributed by atoms with Gasteiger partial charge in [-0.25, -0.2) is 0 Å². The average molecular weight is 1370 g/mol. The molecule has 566 valence electrons. The van der Waals surface area contributed by atoms with Gasteiger partial charge in [0.25, 0.3) is 0 Å². The van der Waals surface area contributed by atoms with Crippen LogP contribution in [0.15, 0.2) is 72.9 Å². The van der Waals surface area contributed by atoms with Crippen LogP contribution in [0.5, 0.6) is 0 Å². The van der Waals surface area contributed by atoms with E-state index >= 15 is 0 Å². The largest absolute Gasteiger partial charge is 0.394 e. The molecule has 0 radical (unpaired) electrons. The Labute approximate surface area is 593 Å². The number of hydrogen-bond acceptors (Lipinski definition) is 13. The first-order chi connectivity index (χ1) is 47.6. The van der Waals surface area contributed by atoms with Crippen LogP contribution in [0.2, 0.25) is 0 Å². The van der Waals surface area contributed by atoms with Crippen molar-refractivity contribution >= 4 is 5.91 Å². The predicted molar refractivity (Wildman–Crippen MR) is 401 cm³/mol. The van der Waals surface area contributed by atoms with Crippen molar-refractivity contribution in [3.05, 3.63) is 72.9 Å². The monoisotopic (exact) mass is 1370 g/mol. The maximum atomic E-state index is 13.4. The van der Waals surface area contributed by atoms with Crippen LogP contribution in [0.25, 0.3) is 0 Å². The molecular weight excluding hydrogens is 1220 g/mol. The van der Waals surface area contributed by atoms with E-state index in [-0.39, 0.29) is 18.9 Å². The van der Waals surface area contributed by atoms with E-state index in [2.05, 4.69) is 79.9 Å². The molecule has 2 heterocycles. The van der Waals surface area contributed by atoms with Gasteiger partial charge in [-0.2, -0.15) is 0 Å². The third kappa shape index (κ3) is 49.6. The molecule has 0 spiro atoms. The first-order valence-electron chi connectivity index (χ1n) is 40.7. The fourth-order valence-corrected chi connectivity index (χ4v) is 13.2. The van der Waals surface area contributed by atoms with Crippen LogP contribution in [0.4, 0.5) is 0 Å². The summed E-state index contributed by atoms with van der Waals surface area (Å²) < 4.78 is 22.9. The van der Waals surface area contributed by atoms with Gasteiger partial charge in [0, 0.05) is 6.42 Å². The zero-order chi connectivity index (χ0) is 70.1. The van der Waals surface area contributed by atoms with Crippen LogP contribution < -0.4 is 5.32 Å². The molecule has 2 aliphatic heterocycles. The standard InChI is InChI=1S/C83H151NO13/c1-3-5-7-9-11-13-15-17-19-21-23-25-27-29-31-32-33-34-35-36-37-38-39-40-41-43-45-47-49-51-53-55-57-59-61-63-65-67-75(88)84-71(70-94-82-80(93)78(91)81(74(69-86)96-82)97-83-79(92)77(90)76(89)73(68-85)95-83)72(87)66-64-62-60-58-56-54-52-50-48-46-44-42-30-28-26-24-22-20-18-16-14-12-10-8-6-4-2/h15,17,21,23,27,29,48,50,56,58,64,66,71-74,76-83,85-87,89-93H,3-14,16,18-20,22,24-26,28,30-47,49,51-55,57,59-63,65,67-70H2,1-2H3,(H,84,88)/b17-15-,23-21-,29-27-,50-48+,58-56+,66-64+. The van der Waals surface area contributed by atoms with Crippen LogP contribution in [-0.2, 0) is 23.7 Å². The zero-order valence-corrected chi connectivity index (χ0v) is 62.1. The molecule has 14 heteroatoms. The fourth-order valence-electron chi connectivity index (χ4n) is 13.2. The molecule has 2 aliphatic rings. The number of carbonyl (C=O) groups is 1. The molecular formula is C83H151NO13. The molecule has 0 aromatic heterocycles. The van der Waals surface area contributed by atoms with Crippen molar-refractivity contribution in [2.45, 2.75) is 428 Å². The highest BCUT2D eigenvalue weighted by atomic mass is 16.7. The lowest BCUT2D eigenvalue weighted by molar-refractivity contribution is -0.359. The summed E-state index contributed by atoms with van der Waals surface area (Å²) in [5.74, 6) is -0.248. The van der Waals surface area contributed by atoms with Crippen LogP contribution in [0, 0.1) is 0 Å². The van der Waals surface area contributed by atoms with Crippen LogP contribution >= 0.6 is 0 Å². The minimum absolute atomic E-state index is 0.248. The molecule has 0 aliphatic carbocycles. The van der Waals surface area contributed by atoms with Gasteiger partial charge in [0.05, 0.1) is 32.0 Å². The Morgan fingerprint density at radius 1 is 0.371 bits per heavy atom. The number of nitrogens with one attached hydrogen (secondary N) is 1. The molecule has 1 amide bonds. The SMILES string of the molecule is CCCCCCC/C=C\C/C=C\C/C=C\CCCCCCCCCCCCCCCCCCCCCCCCC(=O)NC(COC1OC(CO)C(OC2OC(CO)C(O)C(O)C2O)C(O)C1O)C(O)/C=C/CC/C=C/CC/C=C/CCCCCCCCCCCCCCCCCC. The van der Waals surface area contributed by atoms with Gasteiger partial charge in [0.1, 0.15) is 48.8 Å². The second-order valence-electron chi connectivity index (χ2n) is 28.5. The second kappa shape index (κ2) is 66.7. The van der Waals surface area contributed by atoms with Gasteiger partial charge in [-0.3, -0.25) is 4.79 Å². The molecule has 12 unspecified atom stereocenters. The number of carbonyl (C=O) groups excluding carboxylic acids is 1. The predicted octanol–water partition coefficient (Wildman–Crippen LogP) is 18.5. The Morgan fingerprint density at radius 2 is 0.691 bits per heavy atom. The van der Waals surface area contributed by atoms with Gasteiger partial charge in [-0.05, 0) is 83.5 Å². The molecule has 0 aromatic rings. The summed E-state index contributed by atoms with van der Waals surface area (Å²) in [6.45, 7) is 2.81. The Kier molecular flexibility index (Phi) is 62.2. The first-order valence-corrected chi connectivity index (χ1v) is 40.7. The number of amides is 1. The minimum atomic E-state index is -1.80. The highest BCUT2D eigenvalue weighted by Gasteiger charge is 2.51. The van der Waals surface area contributed by atoms with Crippen molar-refractivity contribution in [2.24, 2.45) is 0 Å². The summed E-state index contributed by atoms with van der Waals surface area (Å²) in [5, 5.41) is 87.6. The summed E-state index contributed by atoms with van der Waals surface area (Å²) in [6.07, 6.45) is 75.6. The van der Waals surface area contributed by atoms with Crippen molar-refractivity contribution in [3.63, 3.8) is 0 Å². The van der Waals surface area contributed by atoms with Gasteiger partial charge in [-0.1, -0.05) is 337 Å². The van der Waals surface area contributed by atoms with E-state index in [0.29, 0.717) is 12.8 Å². The minimum Gasteiger partial charge on any atom is -0.394 e. The van der Waals surface area contributed by atoms with Crippen LogP contribution in [0.1, 0.15) is 354 Å². The molecule has 97 heavy (non-hydrogen) atoms. The van der Waals surface area contributed by atoms with E-state index in [1.165, 1.54) is 263 Å². The summed E-state index contributed by atoms with van der Waals surface area (Å²) >= 11 is 0. The van der Waals surface area contributed by atoms with E-state index < -0.39 is 86.8 Å². The maximum Gasteiger partial charge on any atom is 0.220 e. The number of aliphatic hydroxyl groups excluding tert-OH is 8. The van der Waals surface area contributed by atoms with E-state index in [4.69, 9.17) is 18.9 Å². The number of rotatable bonds is 68. The Morgan fingerprint density at radius 3 is 1.08 bits per heavy atom. The Bertz CT molecular complexity index is 1910. The van der Waals surface area contributed by atoms with Crippen LogP contribution in [-0.4, -0.2) is 140 Å².